The molecule has 16 heavy (non-hydrogen) atoms. The van der Waals surface area contributed by atoms with E-state index in [9.17, 15) is 0 Å². The van der Waals surface area contributed by atoms with Gasteiger partial charge < -0.3 is 10.5 Å². The molecule has 0 radical (unpaired) electrons. The summed E-state index contributed by atoms with van der Waals surface area (Å²) in [5.41, 5.74) is 8.18. The Morgan fingerprint density at radius 3 is 2.94 bits per heavy atom. The van der Waals surface area contributed by atoms with Crippen molar-refractivity contribution in [2.45, 2.75) is 32.1 Å². The maximum atomic E-state index is 7.10. The van der Waals surface area contributed by atoms with Gasteiger partial charge in [0.15, 0.2) is 0 Å². The summed E-state index contributed by atoms with van der Waals surface area (Å²) in [5.74, 6) is 1.18. The molecule has 0 amide bonds. The summed E-state index contributed by atoms with van der Waals surface area (Å²) in [7, 11) is 0. The number of nitrogens with two attached hydrogens (primary N) is 1. The first-order chi connectivity index (χ1) is 7.75. The summed E-state index contributed by atoms with van der Waals surface area (Å²) in [6, 6.07) is 6.36. The molecule has 0 aromatic heterocycles. The molecule has 0 saturated heterocycles. The Morgan fingerprint density at radius 1 is 1.31 bits per heavy atom. The van der Waals surface area contributed by atoms with Crippen molar-refractivity contribution in [1.82, 2.24) is 0 Å². The fourth-order valence-electron chi connectivity index (χ4n) is 2.09. The molecule has 3 nitrogen and oxygen atoms in total. The summed E-state index contributed by atoms with van der Waals surface area (Å²) in [5, 5.41) is 7.10. The smallest absolute Gasteiger partial charge is 0.119 e. The maximum Gasteiger partial charge on any atom is 0.119 e. The van der Waals surface area contributed by atoms with Gasteiger partial charge in [-0.15, -0.1) is 0 Å². The van der Waals surface area contributed by atoms with Crippen LogP contribution in [-0.4, -0.2) is 12.4 Å². The van der Waals surface area contributed by atoms with E-state index in [1.165, 1.54) is 30.4 Å². The van der Waals surface area contributed by atoms with E-state index < -0.39 is 0 Å². The Kier molecular flexibility index (Phi) is 3.44. The molecule has 0 saturated carbocycles. The topological polar surface area (TPSA) is 59.1 Å². The normalized spacial score (nSPS) is 13.5. The van der Waals surface area contributed by atoms with E-state index in [1.807, 2.05) is 6.07 Å². The molecular weight excluding hydrogens is 200 g/mol. The molecule has 1 aliphatic rings. The minimum atomic E-state index is 0.234. The molecule has 3 N–H and O–H groups in total. The first-order valence-corrected chi connectivity index (χ1v) is 5.83. The van der Waals surface area contributed by atoms with Crippen molar-refractivity contribution >= 4 is 5.84 Å². The van der Waals surface area contributed by atoms with Crippen molar-refractivity contribution in [3.63, 3.8) is 0 Å². The highest BCUT2D eigenvalue weighted by Gasteiger charge is 2.10. The van der Waals surface area contributed by atoms with Gasteiger partial charge in [0.05, 0.1) is 12.4 Å². The summed E-state index contributed by atoms with van der Waals surface area (Å²) < 4.78 is 5.63. The van der Waals surface area contributed by atoms with Crippen LogP contribution in [0.25, 0.3) is 0 Å². The number of amidine groups is 1. The summed E-state index contributed by atoms with van der Waals surface area (Å²) in [6.07, 6.45) is 5.08. The van der Waals surface area contributed by atoms with Crippen molar-refractivity contribution in [2.24, 2.45) is 5.73 Å². The van der Waals surface area contributed by atoms with E-state index in [2.05, 4.69) is 12.1 Å². The van der Waals surface area contributed by atoms with E-state index in [4.69, 9.17) is 15.9 Å². The lowest BCUT2D eigenvalue weighted by Gasteiger charge is -2.07. The number of nitrogens with one attached hydrogen (secondary N) is 1. The second kappa shape index (κ2) is 5.01. The number of ether oxygens (including phenoxy) is 1. The highest BCUT2D eigenvalue weighted by molar-refractivity contribution is 5.76. The highest BCUT2D eigenvalue weighted by Crippen LogP contribution is 2.25. The lowest BCUT2D eigenvalue weighted by molar-refractivity contribution is 0.313. The van der Waals surface area contributed by atoms with E-state index >= 15 is 0 Å². The van der Waals surface area contributed by atoms with Crippen LogP contribution in [0.1, 0.15) is 30.4 Å². The van der Waals surface area contributed by atoms with Crippen molar-refractivity contribution in [2.75, 3.05) is 6.61 Å². The van der Waals surface area contributed by atoms with Gasteiger partial charge in [-0.05, 0) is 48.9 Å². The minimum absolute atomic E-state index is 0.234. The summed E-state index contributed by atoms with van der Waals surface area (Å²) >= 11 is 0. The summed E-state index contributed by atoms with van der Waals surface area (Å²) in [4.78, 5) is 0. The number of hydrogen-bond acceptors (Lipinski definition) is 2. The Labute approximate surface area is 96.1 Å². The zero-order valence-electron chi connectivity index (χ0n) is 9.46. The van der Waals surface area contributed by atoms with Gasteiger partial charge in [-0.1, -0.05) is 6.07 Å². The Bertz CT molecular complexity index is 388. The Morgan fingerprint density at radius 2 is 2.12 bits per heavy atom. The van der Waals surface area contributed by atoms with E-state index in [-0.39, 0.29) is 5.84 Å². The van der Waals surface area contributed by atoms with Crippen LogP contribution in [0, 0.1) is 5.41 Å². The molecule has 3 heteroatoms. The first kappa shape index (κ1) is 11.0. The largest absolute Gasteiger partial charge is 0.494 e. The van der Waals surface area contributed by atoms with Crippen LogP contribution in [0.15, 0.2) is 18.2 Å². The molecule has 0 bridgehead atoms. The lowest BCUT2D eigenvalue weighted by Crippen LogP contribution is -2.11. The average Bonchev–Trinajstić information content (AvgIpc) is 2.71. The number of rotatable bonds is 5. The van der Waals surface area contributed by atoms with E-state index in [1.54, 1.807) is 0 Å². The van der Waals surface area contributed by atoms with Gasteiger partial charge in [-0.3, -0.25) is 5.41 Å². The molecule has 0 unspecified atom stereocenters. The highest BCUT2D eigenvalue weighted by atomic mass is 16.5. The molecule has 2 rings (SSSR count). The van der Waals surface area contributed by atoms with Gasteiger partial charge in [-0.2, -0.15) is 0 Å². The van der Waals surface area contributed by atoms with Gasteiger partial charge in [0, 0.05) is 6.42 Å². The molecule has 0 fully saturated rings. The third-order valence-corrected chi connectivity index (χ3v) is 2.93. The average molecular weight is 218 g/mol. The van der Waals surface area contributed by atoms with Crippen LogP contribution in [0.2, 0.25) is 0 Å². The van der Waals surface area contributed by atoms with Crippen LogP contribution in [-0.2, 0) is 12.8 Å². The van der Waals surface area contributed by atoms with Gasteiger partial charge in [-0.25, -0.2) is 0 Å². The standard InChI is InChI=1S/C13H18N2O/c14-13(15)5-2-8-16-12-7-6-10-3-1-4-11(10)9-12/h6-7,9H,1-5,8H2,(H3,14,15). The third kappa shape index (κ3) is 2.75. The van der Waals surface area contributed by atoms with Crippen LogP contribution < -0.4 is 10.5 Å². The van der Waals surface area contributed by atoms with Gasteiger partial charge in [0.25, 0.3) is 0 Å². The number of benzene rings is 1. The zero-order valence-corrected chi connectivity index (χ0v) is 9.46. The lowest BCUT2D eigenvalue weighted by atomic mass is 10.1. The number of hydrogen-bond donors (Lipinski definition) is 2. The molecule has 86 valence electrons. The number of aryl methyl sites for hydroxylation is 2. The second-order valence-electron chi connectivity index (χ2n) is 4.26. The minimum Gasteiger partial charge on any atom is -0.494 e. The third-order valence-electron chi connectivity index (χ3n) is 2.93. The predicted octanol–water partition coefficient (Wildman–Crippen LogP) is 2.27. The first-order valence-electron chi connectivity index (χ1n) is 5.83. The van der Waals surface area contributed by atoms with E-state index in [0.717, 1.165) is 12.2 Å². The van der Waals surface area contributed by atoms with Gasteiger partial charge >= 0.3 is 0 Å². The molecule has 1 aliphatic carbocycles. The monoisotopic (exact) mass is 218 g/mol. The molecule has 0 heterocycles. The van der Waals surface area contributed by atoms with Crippen LogP contribution in [0.5, 0.6) is 5.75 Å². The Hall–Kier alpha value is -1.51. The molecular formula is C13H18N2O. The fourth-order valence-corrected chi connectivity index (χ4v) is 2.09. The summed E-state index contributed by atoms with van der Waals surface area (Å²) in [6.45, 7) is 0.637. The fraction of sp³-hybridized carbons (Fsp3) is 0.462. The maximum absolute atomic E-state index is 7.10. The molecule has 1 aromatic carbocycles. The second-order valence-corrected chi connectivity index (χ2v) is 4.26. The SMILES string of the molecule is N=C(N)CCCOc1ccc2c(c1)CCC2. The van der Waals surface area contributed by atoms with Crippen molar-refractivity contribution < 1.29 is 4.74 Å². The predicted molar refractivity (Wildman–Crippen MR) is 65.1 cm³/mol. The van der Waals surface area contributed by atoms with Crippen LogP contribution in [0.3, 0.4) is 0 Å². The van der Waals surface area contributed by atoms with E-state index in [0.29, 0.717) is 13.0 Å². The molecule has 1 aromatic rings. The van der Waals surface area contributed by atoms with Crippen molar-refractivity contribution in [3.8, 4) is 5.75 Å². The van der Waals surface area contributed by atoms with Crippen LogP contribution >= 0.6 is 0 Å². The zero-order chi connectivity index (χ0) is 11.4. The van der Waals surface area contributed by atoms with Crippen molar-refractivity contribution in [1.29, 1.82) is 5.41 Å². The molecule has 0 atom stereocenters. The molecule has 0 spiro atoms. The number of fused-ring (bicyclic) bond motifs is 1. The molecule has 0 aliphatic heterocycles. The van der Waals surface area contributed by atoms with Gasteiger partial charge in [0.2, 0.25) is 0 Å². The van der Waals surface area contributed by atoms with Gasteiger partial charge in [0.1, 0.15) is 5.75 Å². The Balaban J connectivity index is 1.83. The van der Waals surface area contributed by atoms with Crippen molar-refractivity contribution in [3.05, 3.63) is 29.3 Å². The quantitative estimate of drug-likeness (QED) is 0.452. The van der Waals surface area contributed by atoms with Crippen LogP contribution in [0.4, 0.5) is 0 Å².